The zero-order valence-electron chi connectivity index (χ0n) is 22.4. The van der Waals surface area contributed by atoms with Gasteiger partial charge in [-0.05, 0) is 41.2 Å². The van der Waals surface area contributed by atoms with Crippen LogP contribution in [0.2, 0.25) is 0 Å². The van der Waals surface area contributed by atoms with E-state index in [2.05, 4.69) is 20.5 Å². The molecule has 3 heterocycles. The fourth-order valence-electron chi connectivity index (χ4n) is 5.54. The number of hydrogen-bond donors (Lipinski definition) is 4. The lowest BCUT2D eigenvalue weighted by atomic mass is 9.71. The van der Waals surface area contributed by atoms with Crippen LogP contribution in [0.4, 0.5) is 10.5 Å². The number of thioether (sulfide) groups is 1. The number of nitrogens with zero attached hydrogens (tertiary/aromatic N) is 4. The van der Waals surface area contributed by atoms with E-state index < -0.39 is 11.5 Å². The summed E-state index contributed by atoms with van der Waals surface area (Å²) in [5, 5.41) is 29.3. The molecule has 2 bridgehead atoms. The summed E-state index contributed by atoms with van der Waals surface area (Å²) < 4.78 is 5.59. The maximum Gasteiger partial charge on any atom is 0.410 e. The van der Waals surface area contributed by atoms with Gasteiger partial charge in [0.15, 0.2) is 5.16 Å². The molecule has 2 aromatic carbocycles. The van der Waals surface area contributed by atoms with Crippen molar-refractivity contribution in [3.63, 3.8) is 0 Å². The normalized spacial score (nSPS) is 20.0. The SMILES string of the molecule is O=C(CSc1ncn[nH]1)N1C[C@@H]2CN(C(=O)OCc3ccccc3)C[C@](C(=O)Nc3cc(CO)cc(CO)c3)(C2)C1. The molecule has 0 radical (unpaired) electrons. The number of aromatic nitrogens is 3. The number of hydrogen-bond acceptors (Lipinski definition) is 9. The molecule has 216 valence electrons. The summed E-state index contributed by atoms with van der Waals surface area (Å²) >= 11 is 1.23. The number of fused-ring (bicyclic) bond motifs is 2. The Morgan fingerprint density at radius 3 is 2.41 bits per heavy atom. The lowest BCUT2D eigenvalue weighted by molar-refractivity contribution is -0.144. The van der Waals surface area contributed by atoms with Gasteiger partial charge in [-0.3, -0.25) is 14.7 Å². The Kier molecular flexibility index (Phi) is 8.86. The molecule has 2 aliphatic heterocycles. The Bertz CT molecular complexity index is 1350. The van der Waals surface area contributed by atoms with Crippen molar-refractivity contribution >= 4 is 35.4 Å². The third kappa shape index (κ3) is 6.87. The molecule has 3 amide bonds. The number of piperidine rings is 2. The Hall–Kier alpha value is -3.94. The van der Waals surface area contributed by atoms with E-state index in [1.165, 1.54) is 18.1 Å². The summed E-state index contributed by atoms with van der Waals surface area (Å²) in [4.78, 5) is 47.7. The van der Waals surface area contributed by atoms with Gasteiger partial charge in [-0.2, -0.15) is 5.10 Å². The smallest absolute Gasteiger partial charge is 0.410 e. The van der Waals surface area contributed by atoms with Crippen LogP contribution in [0, 0.1) is 11.3 Å². The number of rotatable bonds is 9. The van der Waals surface area contributed by atoms with Gasteiger partial charge in [0.2, 0.25) is 11.8 Å². The second-order valence-electron chi connectivity index (χ2n) is 10.4. The predicted octanol–water partition coefficient (Wildman–Crippen LogP) is 2.01. The first-order valence-electron chi connectivity index (χ1n) is 13.2. The van der Waals surface area contributed by atoms with Crippen molar-refractivity contribution in [2.24, 2.45) is 11.3 Å². The van der Waals surface area contributed by atoms with E-state index in [4.69, 9.17) is 4.74 Å². The molecule has 2 saturated heterocycles. The molecule has 13 heteroatoms. The van der Waals surface area contributed by atoms with Gasteiger partial charge >= 0.3 is 6.09 Å². The van der Waals surface area contributed by atoms with Gasteiger partial charge in [0.05, 0.1) is 24.4 Å². The Morgan fingerprint density at radius 1 is 1.02 bits per heavy atom. The summed E-state index contributed by atoms with van der Waals surface area (Å²) in [5.41, 5.74) is 1.28. The molecule has 41 heavy (non-hydrogen) atoms. The molecule has 4 N–H and O–H groups in total. The highest BCUT2D eigenvalue weighted by atomic mass is 32.2. The standard InChI is InChI=1S/C28H32N6O6S/c35-12-20-6-21(13-36)8-23(7-20)31-25(38)28-9-22(10-33(16-28)24(37)15-41-26-29-18-30-32-26)11-34(17-28)27(39)40-14-19-4-2-1-3-5-19/h1-8,18,22,35-36H,9-17H2,(H,31,38)(H,29,30,32)/t22-,28+/m1/s1. The molecule has 2 fully saturated rings. The van der Waals surface area contributed by atoms with E-state index in [1.807, 2.05) is 30.3 Å². The van der Waals surface area contributed by atoms with Crippen molar-refractivity contribution in [3.8, 4) is 0 Å². The number of likely N-dealkylation sites (tertiary alicyclic amines) is 2. The van der Waals surface area contributed by atoms with E-state index >= 15 is 0 Å². The predicted molar refractivity (Wildman–Crippen MR) is 149 cm³/mol. The van der Waals surface area contributed by atoms with Gasteiger partial charge in [0.1, 0.15) is 12.9 Å². The molecule has 2 atom stereocenters. The van der Waals surface area contributed by atoms with Gasteiger partial charge in [-0.25, -0.2) is 9.78 Å². The first-order chi connectivity index (χ1) is 19.9. The quantitative estimate of drug-likeness (QED) is 0.278. The minimum atomic E-state index is -1.09. The molecule has 0 aliphatic carbocycles. The largest absolute Gasteiger partial charge is 0.445 e. The monoisotopic (exact) mass is 580 g/mol. The summed E-state index contributed by atoms with van der Waals surface area (Å²) in [6, 6.07) is 14.3. The van der Waals surface area contributed by atoms with Crippen LogP contribution in [0.5, 0.6) is 0 Å². The lowest BCUT2D eigenvalue weighted by Gasteiger charge is -2.51. The van der Waals surface area contributed by atoms with E-state index in [1.54, 1.807) is 28.0 Å². The average molecular weight is 581 g/mol. The number of aliphatic hydroxyl groups is 2. The second-order valence-corrected chi connectivity index (χ2v) is 11.4. The van der Waals surface area contributed by atoms with E-state index in [9.17, 15) is 24.6 Å². The van der Waals surface area contributed by atoms with Crippen molar-refractivity contribution in [1.29, 1.82) is 0 Å². The number of amides is 3. The van der Waals surface area contributed by atoms with E-state index in [0.717, 1.165) is 5.56 Å². The first-order valence-corrected chi connectivity index (χ1v) is 14.2. The van der Waals surface area contributed by atoms with Gasteiger partial charge < -0.3 is 30.1 Å². The third-order valence-electron chi connectivity index (χ3n) is 7.32. The average Bonchev–Trinajstić information content (AvgIpc) is 3.52. The minimum Gasteiger partial charge on any atom is -0.445 e. The lowest BCUT2D eigenvalue weighted by Crippen LogP contribution is -2.64. The van der Waals surface area contributed by atoms with Gasteiger partial charge in [-0.15, -0.1) is 0 Å². The zero-order chi connectivity index (χ0) is 28.8. The topological polar surface area (TPSA) is 161 Å². The number of ether oxygens (including phenoxy) is 1. The molecular weight excluding hydrogens is 548 g/mol. The Morgan fingerprint density at radius 2 is 1.73 bits per heavy atom. The maximum absolute atomic E-state index is 14.0. The molecule has 0 saturated carbocycles. The highest BCUT2D eigenvalue weighted by Gasteiger charge is 2.52. The van der Waals surface area contributed by atoms with Gasteiger partial charge in [-0.1, -0.05) is 48.2 Å². The Balaban J connectivity index is 1.35. The van der Waals surface area contributed by atoms with Crippen molar-refractivity contribution in [1.82, 2.24) is 25.0 Å². The van der Waals surface area contributed by atoms with Crippen LogP contribution in [0.15, 0.2) is 60.0 Å². The van der Waals surface area contributed by atoms with Crippen LogP contribution in [-0.4, -0.2) is 85.0 Å². The van der Waals surface area contributed by atoms with Gasteiger partial charge in [0.25, 0.3) is 0 Å². The molecule has 0 unspecified atom stereocenters. The number of H-pyrrole nitrogens is 1. The molecule has 3 aromatic rings. The highest BCUT2D eigenvalue weighted by molar-refractivity contribution is 7.99. The maximum atomic E-state index is 14.0. The van der Waals surface area contributed by atoms with Crippen LogP contribution >= 0.6 is 11.8 Å². The van der Waals surface area contributed by atoms with Crippen LogP contribution in [0.1, 0.15) is 23.1 Å². The summed E-state index contributed by atoms with van der Waals surface area (Å²) in [7, 11) is 0. The highest BCUT2D eigenvalue weighted by Crippen LogP contribution is 2.40. The Labute approximate surface area is 241 Å². The van der Waals surface area contributed by atoms with Gasteiger partial charge in [0, 0.05) is 31.9 Å². The number of benzene rings is 2. The second kappa shape index (κ2) is 12.7. The fraction of sp³-hybridized carbons (Fsp3) is 0.393. The van der Waals surface area contributed by atoms with E-state index in [0.29, 0.717) is 41.5 Å². The molecule has 0 spiro atoms. The number of anilines is 1. The van der Waals surface area contributed by atoms with Crippen LogP contribution < -0.4 is 5.32 Å². The van der Waals surface area contributed by atoms with Crippen molar-refractivity contribution < 1.29 is 29.3 Å². The number of carbonyl (C=O) groups excluding carboxylic acids is 3. The summed E-state index contributed by atoms with van der Waals surface area (Å²) in [6.07, 6.45) is 1.35. The summed E-state index contributed by atoms with van der Waals surface area (Å²) in [5.74, 6) is -0.495. The molecule has 2 aliphatic rings. The number of aliphatic hydroxyl groups excluding tert-OH is 2. The summed E-state index contributed by atoms with van der Waals surface area (Å²) in [6.45, 7) is 0.570. The van der Waals surface area contributed by atoms with Crippen molar-refractivity contribution in [2.45, 2.75) is 31.4 Å². The molecular formula is C28H32N6O6S. The van der Waals surface area contributed by atoms with Crippen LogP contribution in [0.25, 0.3) is 0 Å². The van der Waals surface area contributed by atoms with Crippen molar-refractivity contribution in [2.75, 3.05) is 37.2 Å². The zero-order valence-corrected chi connectivity index (χ0v) is 23.2. The van der Waals surface area contributed by atoms with Crippen LogP contribution in [0.3, 0.4) is 0 Å². The van der Waals surface area contributed by atoms with Crippen LogP contribution in [-0.2, 0) is 34.1 Å². The number of nitrogens with one attached hydrogen (secondary N) is 2. The van der Waals surface area contributed by atoms with Crippen molar-refractivity contribution in [3.05, 3.63) is 71.5 Å². The third-order valence-corrected chi connectivity index (χ3v) is 8.18. The first kappa shape index (κ1) is 28.6. The molecule has 1 aromatic heterocycles. The molecule has 5 rings (SSSR count). The number of carbonyl (C=O) groups is 3. The number of aromatic amines is 1. The molecule has 12 nitrogen and oxygen atoms in total. The minimum absolute atomic E-state index is 0.0779. The van der Waals surface area contributed by atoms with E-state index in [-0.39, 0.29) is 56.4 Å². The fourth-order valence-corrected chi connectivity index (χ4v) is 6.23.